The van der Waals surface area contributed by atoms with E-state index in [-0.39, 0.29) is 5.75 Å². The zero-order chi connectivity index (χ0) is 13.8. The lowest BCUT2D eigenvalue weighted by molar-refractivity contribution is -0.144. The van der Waals surface area contributed by atoms with Crippen molar-refractivity contribution in [2.24, 2.45) is 0 Å². The topological polar surface area (TPSA) is 110 Å². The van der Waals surface area contributed by atoms with Crippen LogP contribution in [0.4, 0.5) is 0 Å². The Morgan fingerprint density at radius 3 is 2.50 bits per heavy atom. The predicted octanol–water partition coefficient (Wildman–Crippen LogP) is 0.415. The van der Waals surface area contributed by atoms with Gasteiger partial charge in [0.25, 0.3) is 10.1 Å². The summed E-state index contributed by atoms with van der Waals surface area (Å²) >= 11 is 0. The molecule has 0 saturated carbocycles. The first-order valence-corrected chi connectivity index (χ1v) is 6.41. The molecular weight excluding hydrogens is 264 g/mol. The van der Waals surface area contributed by atoms with Gasteiger partial charge in [0.15, 0.2) is 0 Å². The van der Waals surface area contributed by atoms with E-state index in [1.807, 2.05) is 0 Å². The Morgan fingerprint density at radius 1 is 1.39 bits per heavy atom. The van der Waals surface area contributed by atoms with Crippen LogP contribution >= 0.6 is 0 Å². The lowest BCUT2D eigenvalue weighted by atomic mass is 10.3. The van der Waals surface area contributed by atoms with Gasteiger partial charge in [-0.1, -0.05) is 6.07 Å². The summed E-state index contributed by atoms with van der Waals surface area (Å²) in [6.45, 7) is 0. The standard InChI is InChI=1S/C10H12O7S/c1-16-7-3-2-4-8(5-7)17-9(10(11)12)6-18(13,14)15/h2-5,9H,6H2,1H3,(H,11,12)(H,13,14,15). The van der Waals surface area contributed by atoms with Crippen LogP contribution in [0.15, 0.2) is 24.3 Å². The fraction of sp³-hybridized carbons (Fsp3) is 0.300. The Bertz CT molecular complexity index is 523. The van der Waals surface area contributed by atoms with E-state index in [1.165, 1.54) is 19.2 Å². The van der Waals surface area contributed by atoms with Crippen LogP contribution in [0.3, 0.4) is 0 Å². The highest BCUT2D eigenvalue weighted by atomic mass is 32.2. The summed E-state index contributed by atoms with van der Waals surface area (Å²) in [5.41, 5.74) is 0. The molecule has 0 bridgehead atoms. The lowest BCUT2D eigenvalue weighted by Gasteiger charge is -2.14. The van der Waals surface area contributed by atoms with Gasteiger partial charge in [-0.3, -0.25) is 4.55 Å². The Labute approximate surface area is 104 Å². The maximum absolute atomic E-state index is 10.8. The molecule has 0 fully saturated rings. The van der Waals surface area contributed by atoms with Crippen molar-refractivity contribution in [3.8, 4) is 11.5 Å². The monoisotopic (exact) mass is 276 g/mol. The van der Waals surface area contributed by atoms with Crippen molar-refractivity contribution in [3.63, 3.8) is 0 Å². The van der Waals surface area contributed by atoms with Gasteiger partial charge in [0.05, 0.1) is 7.11 Å². The molecule has 1 aromatic carbocycles. The van der Waals surface area contributed by atoms with E-state index in [0.29, 0.717) is 5.75 Å². The summed E-state index contributed by atoms with van der Waals surface area (Å²) in [6.07, 6.45) is -1.69. The van der Waals surface area contributed by atoms with Crippen LogP contribution in [0, 0.1) is 0 Å². The molecular formula is C10H12O7S. The van der Waals surface area contributed by atoms with Gasteiger partial charge < -0.3 is 14.6 Å². The average Bonchev–Trinajstić information content (AvgIpc) is 2.26. The normalized spacial score (nSPS) is 12.8. The van der Waals surface area contributed by atoms with Gasteiger partial charge in [-0.2, -0.15) is 8.42 Å². The Morgan fingerprint density at radius 2 is 2.00 bits per heavy atom. The smallest absolute Gasteiger partial charge is 0.346 e. The van der Waals surface area contributed by atoms with Crippen molar-refractivity contribution in [1.29, 1.82) is 0 Å². The lowest BCUT2D eigenvalue weighted by Crippen LogP contribution is -2.34. The minimum Gasteiger partial charge on any atom is -0.497 e. The second-order valence-corrected chi connectivity index (χ2v) is 4.87. The highest BCUT2D eigenvalue weighted by molar-refractivity contribution is 7.85. The maximum Gasteiger partial charge on any atom is 0.346 e. The molecule has 100 valence electrons. The van der Waals surface area contributed by atoms with E-state index in [9.17, 15) is 13.2 Å². The second-order valence-electron chi connectivity index (χ2n) is 3.37. The molecule has 0 aliphatic rings. The highest BCUT2D eigenvalue weighted by Gasteiger charge is 2.25. The number of hydrogen-bond acceptors (Lipinski definition) is 5. The molecule has 0 radical (unpaired) electrons. The quantitative estimate of drug-likeness (QED) is 0.724. The average molecular weight is 276 g/mol. The van der Waals surface area contributed by atoms with Crippen LogP contribution in [0.25, 0.3) is 0 Å². The molecule has 1 unspecified atom stereocenters. The van der Waals surface area contributed by atoms with Gasteiger partial charge in [0, 0.05) is 6.07 Å². The van der Waals surface area contributed by atoms with Crippen molar-refractivity contribution < 1.29 is 32.3 Å². The molecule has 2 N–H and O–H groups in total. The largest absolute Gasteiger partial charge is 0.497 e. The highest BCUT2D eigenvalue weighted by Crippen LogP contribution is 2.20. The number of rotatable bonds is 6. The minimum atomic E-state index is -4.44. The Hall–Kier alpha value is -1.80. The molecule has 0 spiro atoms. The zero-order valence-electron chi connectivity index (χ0n) is 9.44. The van der Waals surface area contributed by atoms with Crippen molar-refractivity contribution in [2.45, 2.75) is 6.10 Å². The summed E-state index contributed by atoms with van der Waals surface area (Å²) in [7, 11) is -3.02. The van der Waals surface area contributed by atoms with Crippen molar-refractivity contribution in [1.82, 2.24) is 0 Å². The van der Waals surface area contributed by atoms with Crippen LogP contribution < -0.4 is 9.47 Å². The molecule has 0 heterocycles. The molecule has 0 saturated heterocycles. The molecule has 1 atom stereocenters. The SMILES string of the molecule is COc1cccc(OC(CS(=O)(=O)O)C(=O)O)c1. The summed E-state index contributed by atoms with van der Waals surface area (Å²) < 4.78 is 39.8. The van der Waals surface area contributed by atoms with E-state index < -0.39 is 27.9 Å². The number of benzene rings is 1. The summed E-state index contributed by atoms with van der Waals surface area (Å²) in [4.78, 5) is 10.8. The van der Waals surface area contributed by atoms with E-state index in [4.69, 9.17) is 19.1 Å². The first kappa shape index (κ1) is 14.3. The third-order valence-electron chi connectivity index (χ3n) is 1.96. The predicted molar refractivity (Wildman–Crippen MR) is 61.5 cm³/mol. The van der Waals surface area contributed by atoms with Gasteiger partial charge in [-0.25, -0.2) is 4.79 Å². The molecule has 0 aliphatic heterocycles. The van der Waals surface area contributed by atoms with Crippen LogP contribution in [0.5, 0.6) is 11.5 Å². The second kappa shape index (κ2) is 5.69. The minimum absolute atomic E-state index is 0.130. The molecule has 1 rings (SSSR count). The summed E-state index contributed by atoms with van der Waals surface area (Å²) in [6, 6.07) is 6.02. The Balaban J connectivity index is 2.86. The molecule has 0 aromatic heterocycles. The van der Waals surface area contributed by atoms with Crippen molar-refractivity contribution in [2.75, 3.05) is 12.9 Å². The van der Waals surface area contributed by atoms with Crippen LogP contribution in [0.2, 0.25) is 0 Å². The first-order chi connectivity index (χ1) is 8.31. The van der Waals surface area contributed by atoms with Crippen LogP contribution in [-0.4, -0.2) is 43.0 Å². The molecule has 8 heteroatoms. The molecule has 1 aromatic rings. The van der Waals surface area contributed by atoms with Gasteiger partial charge in [0.1, 0.15) is 17.3 Å². The molecule has 0 amide bonds. The molecule has 18 heavy (non-hydrogen) atoms. The number of carboxylic acid groups (broad SMARTS) is 1. The third kappa shape index (κ3) is 4.60. The van der Waals surface area contributed by atoms with Gasteiger partial charge >= 0.3 is 5.97 Å². The molecule has 0 aliphatic carbocycles. The summed E-state index contributed by atoms with van der Waals surface area (Å²) in [5.74, 6) is -1.95. The maximum atomic E-state index is 10.8. The van der Waals surface area contributed by atoms with E-state index in [1.54, 1.807) is 12.1 Å². The van der Waals surface area contributed by atoms with Gasteiger partial charge in [-0.05, 0) is 12.1 Å². The summed E-state index contributed by atoms with van der Waals surface area (Å²) in [5, 5.41) is 8.79. The van der Waals surface area contributed by atoms with E-state index >= 15 is 0 Å². The van der Waals surface area contributed by atoms with Crippen molar-refractivity contribution >= 4 is 16.1 Å². The number of methoxy groups -OCH3 is 1. The van der Waals surface area contributed by atoms with Gasteiger partial charge in [0.2, 0.25) is 6.10 Å². The van der Waals surface area contributed by atoms with Crippen LogP contribution in [-0.2, 0) is 14.9 Å². The van der Waals surface area contributed by atoms with Crippen molar-refractivity contribution in [3.05, 3.63) is 24.3 Å². The number of carbonyl (C=O) groups is 1. The van der Waals surface area contributed by atoms with Crippen LogP contribution in [0.1, 0.15) is 0 Å². The number of ether oxygens (including phenoxy) is 2. The fourth-order valence-corrected chi connectivity index (χ4v) is 1.78. The van der Waals surface area contributed by atoms with Gasteiger partial charge in [-0.15, -0.1) is 0 Å². The number of carboxylic acids is 1. The van der Waals surface area contributed by atoms with E-state index in [0.717, 1.165) is 0 Å². The molecule has 7 nitrogen and oxygen atoms in total. The number of hydrogen-bond donors (Lipinski definition) is 2. The third-order valence-corrected chi connectivity index (χ3v) is 2.68. The Kier molecular flexibility index (Phi) is 4.51. The fourth-order valence-electron chi connectivity index (χ4n) is 1.19. The zero-order valence-corrected chi connectivity index (χ0v) is 10.3. The number of aliphatic carboxylic acids is 1. The van der Waals surface area contributed by atoms with E-state index in [2.05, 4.69) is 0 Å². The first-order valence-electron chi connectivity index (χ1n) is 4.80.